The fourth-order valence-electron chi connectivity index (χ4n) is 1.85. The largest absolute Gasteiger partial charge is 0.313 e. The van der Waals surface area contributed by atoms with Crippen LogP contribution in [0.15, 0.2) is 23.3 Å². The van der Waals surface area contributed by atoms with E-state index in [9.17, 15) is 19.7 Å². The molecule has 0 saturated heterocycles. The van der Waals surface area contributed by atoms with Crippen molar-refractivity contribution >= 4 is 22.4 Å². The third-order valence-corrected chi connectivity index (χ3v) is 3.05. The van der Waals surface area contributed by atoms with Gasteiger partial charge in [0.05, 0.1) is 22.2 Å². The first-order valence-electron chi connectivity index (χ1n) is 6.07. The predicted octanol–water partition coefficient (Wildman–Crippen LogP) is 1.60. The van der Waals surface area contributed by atoms with Crippen LogP contribution >= 0.6 is 0 Å². The van der Waals surface area contributed by atoms with Gasteiger partial charge in [-0.15, -0.1) is 0 Å². The Labute approximate surface area is 113 Å². The quantitative estimate of drug-likeness (QED) is 0.673. The lowest BCUT2D eigenvalue weighted by Gasteiger charge is -2.06. The molecule has 2 aromatic rings. The average molecular weight is 275 g/mol. The number of nitro groups is 1. The zero-order chi connectivity index (χ0) is 14.9. The molecule has 7 heteroatoms. The molecule has 0 aliphatic heterocycles. The second-order valence-electron chi connectivity index (χ2n) is 4.78. The van der Waals surface area contributed by atoms with Gasteiger partial charge in [0.15, 0.2) is 0 Å². The van der Waals surface area contributed by atoms with Gasteiger partial charge < -0.3 is 4.98 Å². The van der Waals surface area contributed by atoms with E-state index in [-0.39, 0.29) is 34.8 Å². The van der Waals surface area contributed by atoms with Crippen molar-refractivity contribution < 1.29 is 9.72 Å². The third-order valence-electron chi connectivity index (χ3n) is 3.05. The molecule has 2 rings (SSSR count). The Morgan fingerprint density at radius 1 is 1.45 bits per heavy atom. The van der Waals surface area contributed by atoms with Crippen LogP contribution in [0.1, 0.15) is 19.4 Å². The summed E-state index contributed by atoms with van der Waals surface area (Å²) in [5.74, 6) is -0.310. The van der Waals surface area contributed by atoms with Gasteiger partial charge in [0.25, 0.3) is 11.2 Å². The lowest BCUT2D eigenvalue weighted by molar-refractivity contribution is -0.385. The lowest BCUT2D eigenvalue weighted by Crippen LogP contribution is -2.13. The smallest absolute Gasteiger partial charge is 0.273 e. The summed E-state index contributed by atoms with van der Waals surface area (Å²) in [6.07, 6.45) is 1.18. The number of fused-ring (bicyclic) bond motifs is 1. The van der Waals surface area contributed by atoms with Gasteiger partial charge >= 0.3 is 0 Å². The highest BCUT2D eigenvalue weighted by Crippen LogP contribution is 2.24. The summed E-state index contributed by atoms with van der Waals surface area (Å²) in [5.41, 5.74) is -0.0601. The van der Waals surface area contributed by atoms with Crippen molar-refractivity contribution in [3.63, 3.8) is 0 Å². The number of ketones is 1. The molecule has 0 radical (unpaired) electrons. The molecule has 1 heterocycles. The molecular weight excluding hydrogens is 262 g/mol. The van der Waals surface area contributed by atoms with E-state index in [2.05, 4.69) is 9.97 Å². The minimum Gasteiger partial charge on any atom is -0.313 e. The Hall–Kier alpha value is -2.57. The van der Waals surface area contributed by atoms with Crippen LogP contribution < -0.4 is 5.56 Å². The van der Waals surface area contributed by atoms with Crippen LogP contribution in [0.5, 0.6) is 0 Å². The van der Waals surface area contributed by atoms with Crippen LogP contribution in [-0.4, -0.2) is 20.7 Å². The SMILES string of the molecule is CC(C)C(=O)Cc1cc2nc[nH]c(=O)c2cc1[N+](=O)[O-]. The Kier molecular flexibility index (Phi) is 3.60. The zero-order valence-corrected chi connectivity index (χ0v) is 11.0. The number of hydrogen-bond acceptors (Lipinski definition) is 5. The number of H-pyrrole nitrogens is 1. The number of nitrogens with zero attached hydrogens (tertiary/aromatic N) is 2. The van der Waals surface area contributed by atoms with E-state index in [0.717, 1.165) is 0 Å². The van der Waals surface area contributed by atoms with Crippen molar-refractivity contribution in [2.75, 3.05) is 0 Å². The lowest BCUT2D eigenvalue weighted by atomic mass is 9.99. The Morgan fingerprint density at radius 3 is 2.75 bits per heavy atom. The standard InChI is InChI=1S/C13H13N3O4/c1-7(2)12(17)4-8-3-10-9(5-11(8)16(19)20)13(18)15-6-14-10/h3,5-7H,4H2,1-2H3,(H,14,15,18). The van der Waals surface area contributed by atoms with Crippen molar-refractivity contribution in [3.05, 3.63) is 44.5 Å². The number of benzene rings is 1. The van der Waals surface area contributed by atoms with E-state index in [0.29, 0.717) is 5.52 Å². The maximum absolute atomic E-state index is 11.8. The van der Waals surface area contributed by atoms with E-state index in [1.165, 1.54) is 18.5 Å². The number of carbonyl (C=O) groups is 1. The van der Waals surface area contributed by atoms with Gasteiger partial charge in [-0.2, -0.15) is 0 Å². The van der Waals surface area contributed by atoms with Crippen LogP contribution in [0, 0.1) is 16.0 Å². The number of aromatic nitrogens is 2. The van der Waals surface area contributed by atoms with Crippen molar-refractivity contribution in [2.24, 2.45) is 5.92 Å². The van der Waals surface area contributed by atoms with Gasteiger partial charge in [-0.3, -0.25) is 19.7 Å². The Morgan fingerprint density at radius 2 is 2.15 bits per heavy atom. The van der Waals surface area contributed by atoms with Crippen molar-refractivity contribution in [1.29, 1.82) is 0 Å². The van der Waals surface area contributed by atoms with Gasteiger partial charge in [-0.25, -0.2) is 4.98 Å². The topological polar surface area (TPSA) is 106 Å². The summed E-state index contributed by atoms with van der Waals surface area (Å²) in [6, 6.07) is 2.60. The number of carbonyl (C=O) groups excluding carboxylic acids is 1. The van der Waals surface area contributed by atoms with Crippen molar-refractivity contribution in [1.82, 2.24) is 9.97 Å². The van der Waals surface area contributed by atoms with E-state index in [4.69, 9.17) is 0 Å². The van der Waals surface area contributed by atoms with Gasteiger partial charge in [0.1, 0.15) is 5.78 Å². The van der Waals surface area contributed by atoms with Gasteiger partial charge in [-0.05, 0) is 6.07 Å². The van der Waals surface area contributed by atoms with E-state index in [1.54, 1.807) is 13.8 Å². The summed E-state index contributed by atoms with van der Waals surface area (Å²) < 4.78 is 0. The highest BCUT2D eigenvalue weighted by Gasteiger charge is 2.20. The molecule has 0 amide bonds. The molecule has 0 fully saturated rings. The first kappa shape index (κ1) is 13.9. The molecule has 0 aliphatic carbocycles. The highest BCUT2D eigenvalue weighted by molar-refractivity contribution is 5.87. The van der Waals surface area contributed by atoms with Crippen LogP contribution in [-0.2, 0) is 11.2 Å². The van der Waals surface area contributed by atoms with Crippen LogP contribution in [0.25, 0.3) is 10.9 Å². The predicted molar refractivity (Wildman–Crippen MR) is 72.6 cm³/mol. The maximum atomic E-state index is 11.8. The first-order valence-corrected chi connectivity index (χ1v) is 6.07. The molecule has 1 N–H and O–H groups in total. The molecular formula is C13H13N3O4. The van der Waals surface area contributed by atoms with Crippen LogP contribution in [0.2, 0.25) is 0 Å². The molecule has 20 heavy (non-hydrogen) atoms. The molecule has 7 nitrogen and oxygen atoms in total. The Bertz CT molecular complexity index is 749. The summed E-state index contributed by atoms with van der Waals surface area (Å²) in [6.45, 7) is 3.47. The highest BCUT2D eigenvalue weighted by atomic mass is 16.6. The summed E-state index contributed by atoms with van der Waals surface area (Å²) in [5, 5.41) is 11.2. The zero-order valence-electron chi connectivity index (χ0n) is 11.0. The molecule has 0 bridgehead atoms. The van der Waals surface area contributed by atoms with E-state index >= 15 is 0 Å². The number of aromatic amines is 1. The third kappa shape index (κ3) is 2.56. The fourth-order valence-corrected chi connectivity index (χ4v) is 1.85. The molecule has 104 valence electrons. The van der Waals surface area contributed by atoms with E-state index in [1.807, 2.05) is 0 Å². The molecule has 1 aromatic carbocycles. The minimum atomic E-state index is -0.588. The summed E-state index contributed by atoms with van der Waals surface area (Å²) in [4.78, 5) is 40.2. The maximum Gasteiger partial charge on any atom is 0.273 e. The van der Waals surface area contributed by atoms with Gasteiger partial charge in [-0.1, -0.05) is 13.8 Å². The number of nitrogens with one attached hydrogen (secondary N) is 1. The monoisotopic (exact) mass is 275 g/mol. The second-order valence-corrected chi connectivity index (χ2v) is 4.78. The van der Waals surface area contributed by atoms with Gasteiger partial charge in [0, 0.05) is 24.0 Å². The summed E-state index contributed by atoms with van der Waals surface area (Å²) in [7, 11) is 0. The number of Topliss-reactive ketones (excluding diaryl/α,β-unsaturated/α-hetero) is 1. The number of rotatable bonds is 4. The van der Waals surface area contributed by atoms with Crippen LogP contribution in [0.4, 0.5) is 5.69 Å². The number of hydrogen-bond donors (Lipinski definition) is 1. The Balaban J connectivity index is 2.63. The van der Waals surface area contributed by atoms with Crippen molar-refractivity contribution in [3.8, 4) is 0 Å². The minimum absolute atomic E-state index is 0.0433. The molecule has 0 spiro atoms. The summed E-state index contributed by atoms with van der Waals surface area (Å²) >= 11 is 0. The number of nitro benzene ring substituents is 1. The molecule has 0 atom stereocenters. The normalized spacial score (nSPS) is 10.9. The molecule has 0 aliphatic rings. The average Bonchev–Trinajstić information content (AvgIpc) is 2.38. The molecule has 0 saturated carbocycles. The van der Waals surface area contributed by atoms with Gasteiger partial charge in [0.2, 0.25) is 0 Å². The van der Waals surface area contributed by atoms with E-state index < -0.39 is 10.5 Å². The molecule has 0 unspecified atom stereocenters. The first-order chi connectivity index (χ1) is 9.40. The second kappa shape index (κ2) is 5.20. The van der Waals surface area contributed by atoms with Crippen molar-refractivity contribution in [2.45, 2.75) is 20.3 Å². The van der Waals surface area contributed by atoms with Crippen LogP contribution in [0.3, 0.4) is 0 Å². The molecule has 1 aromatic heterocycles. The fraction of sp³-hybridized carbons (Fsp3) is 0.308.